The molecule has 0 aliphatic heterocycles. The standard InChI is InChI=1S/C12H13N5O3/c13-12-14-10(15-16-12)11(20)17(7-6-9(18)19)8-4-2-1-3-5-8/h1-5H,6-7H2,(H,18,19)(H3,13,14,15,16). The van der Waals surface area contributed by atoms with E-state index in [1.807, 2.05) is 0 Å². The zero-order valence-electron chi connectivity index (χ0n) is 10.5. The molecular weight excluding hydrogens is 262 g/mol. The number of carbonyl (C=O) groups excluding carboxylic acids is 1. The van der Waals surface area contributed by atoms with Crippen LogP contribution in [0.3, 0.4) is 0 Å². The number of aromatic amines is 1. The number of nitrogens with two attached hydrogens (primary N) is 1. The van der Waals surface area contributed by atoms with Gasteiger partial charge >= 0.3 is 5.97 Å². The second kappa shape index (κ2) is 5.83. The van der Waals surface area contributed by atoms with Gasteiger partial charge in [0, 0.05) is 12.2 Å². The lowest BCUT2D eigenvalue weighted by Crippen LogP contribution is -2.33. The van der Waals surface area contributed by atoms with E-state index in [1.165, 1.54) is 4.90 Å². The van der Waals surface area contributed by atoms with E-state index < -0.39 is 11.9 Å². The largest absolute Gasteiger partial charge is 0.481 e. The Morgan fingerprint density at radius 2 is 2.00 bits per heavy atom. The molecule has 0 unspecified atom stereocenters. The number of nitrogen functional groups attached to an aromatic ring is 1. The van der Waals surface area contributed by atoms with Crippen molar-refractivity contribution in [1.82, 2.24) is 15.2 Å². The van der Waals surface area contributed by atoms with Gasteiger partial charge in [0.1, 0.15) is 0 Å². The van der Waals surface area contributed by atoms with Crippen molar-refractivity contribution in [2.45, 2.75) is 6.42 Å². The second-order valence-electron chi connectivity index (χ2n) is 3.98. The molecule has 1 aromatic heterocycles. The number of carbonyl (C=O) groups is 2. The average molecular weight is 275 g/mol. The van der Waals surface area contributed by atoms with Gasteiger partial charge in [-0.2, -0.15) is 4.98 Å². The topological polar surface area (TPSA) is 125 Å². The number of aromatic nitrogens is 3. The van der Waals surface area contributed by atoms with Crippen molar-refractivity contribution >= 4 is 23.5 Å². The van der Waals surface area contributed by atoms with E-state index in [2.05, 4.69) is 15.2 Å². The molecule has 0 atom stereocenters. The Morgan fingerprint density at radius 1 is 1.30 bits per heavy atom. The third-order valence-electron chi connectivity index (χ3n) is 2.57. The fourth-order valence-electron chi connectivity index (χ4n) is 1.66. The Bertz CT molecular complexity index is 611. The van der Waals surface area contributed by atoms with E-state index in [1.54, 1.807) is 30.3 Å². The van der Waals surface area contributed by atoms with E-state index >= 15 is 0 Å². The Hall–Kier alpha value is -2.90. The van der Waals surface area contributed by atoms with Crippen LogP contribution in [0.2, 0.25) is 0 Å². The van der Waals surface area contributed by atoms with Crippen molar-refractivity contribution in [3.05, 3.63) is 36.2 Å². The maximum atomic E-state index is 12.3. The fraction of sp³-hybridized carbons (Fsp3) is 0.167. The van der Waals surface area contributed by atoms with Gasteiger partial charge in [-0.25, -0.2) is 0 Å². The molecule has 2 rings (SSSR count). The summed E-state index contributed by atoms with van der Waals surface area (Å²) in [5.41, 5.74) is 5.94. The lowest BCUT2D eigenvalue weighted by molar-refractivity contribution is -0.136. The fourth-order valence-corrected chi connectivity index (χ4v) is 1.66. The van der Waals surface area contributed by atoms with Crippen molar-refractivity contribution in [3.63, 3.8) is 0 Å². The maximum absolute atomic E-state index is 12.3. The van der Waals surface area contributed by atoms with Crippen LogP contribution in [0.4, 0.5) is 11.6 Å². The van der Waals surface area contributed by atoms with E-state index in [9.17, 15) is 9.59 Å². The molecule has 2 aromatic rings. The van der Waals surface area contributed by atoms with Crippen molar-refractivity contribution in [1.29, 1.82) is 0 Å². The van der Waals surface area contributed by atoms with Crippen LogP contribution in [0.1, 0.15) is 17.0 Å². The van der Waals surface area contributed by atoms with Crippen LogP contribution in [0.25, 0.3) is 0 Å². The Morgan fingerprint density at radius 3 is 2.55 bits per heavy atom. The van der Waals surface area contributed by atoms with Crippen molar-refractivity contribution in [3.8, 4) is 0 Å². The Balaban J connectivity index is 2.26. The number of carboxylic acid groups (broad SMARTS) is 1. The zero-order chi connectivity index (χ0) is 14.5. The van der Waals surface area contributed by atoms with Crippen molar-refractivity contribution in [2.24, 2.45) is 0 Å². The molecule has 0 bridgehead atoms. The van der Waals surface area contributed by atoms with Gasteiger partial charge in [0.2, 0.25) is 11.8 Å². The van der Waals surface area contributed by atoms with E-state index in [4.69, 9.17) is 10.8 Å². The zero-order valence-corrected chi connectivity index (χ0v) is 10.5. The number of amides is 1. The molecular formula is C12H13N5O3. The smallest absolute Gasteiger partial charge is 0.305 e. The number of carboxylic acids is 1. The molecule has 1 heterocycles. The molecule has 20 heavy (non-hydrogen) atoms. The van der Waals surface area contributed by atoms with Gasteiger partial charge in [0.15, 0.2) is 0 Å². The first-order chi connectivity index (χ1) is 9.58. The van der Waals surface area contributed by atoms with E-state index in [0.717, 1.165) is 0 Å². The summed E-state index contributed by atoms with van der Waals surface area (Å²) in [5.74, 6) is -1.55. The van der Waals surface area contributed by atoms with Crippen LogP contribution in [0.15, 0.2) is 30.3 Å². The lowest BCUT2D eigenvalue weighted by atomic mass is 10.2. The summed E-state index contributed by atoms with van der Waals surface area (Å²) in [4.78, 5) is 28.1. The quantitative estimate of drug-likeness (QED) is 0.730. The molecule has 1 amide bonds. The summed E-state index contributed by atoms with van der Waals surface area (Å²) in [7, 11) is 0. The molecule has 0 spiro atoms. The predicted octanol–water partition coefficient (Wildman–Crippen LogP) is 0.508. The van der Waals surface area contributed by atoms with Crippen LogP contribution in [0, 0.1) is 0 Å². The van der Waals surface area contributed by atoms with Gasteiger partial charge < -0.3 is 15.7 Å². The molecule has 0 fully saturated rings. The molecule has 1 aromatic carbocycles. The highest BCUT2D eigenvalue weighted by Gasteiger charge is 2.21. The number of aliphatic carboxylic acids is 1. The second-order valence-corrected chi connectivity index (χ2v) is 3.98. The first-order valence-corrected chi connectivity index (χ1v) is 5.84. The molecule has 0 aliphatic rings. The number of benzene rings is 1. The third-order valence-corrected chi connectivity index (χ3v) is 2.57. The van der Waals surface area contributed by atoms with Crippen LogP contribution in [0.5, 0.6) is 0 Å². The number of hydrogen-bond donors (Lipinski definition) is 3. The summed E-state index contributed by atoms with van der Waals surface area (Å²) in [6.45, 7) is 0.0266. The van der Waals surface area contributed by atoms with Gasteiger partial charge in [-0.3, -0.25) is 14.7 Å². The summed E-state index contributed by atoms with van der Waals surface area (Å²) in [6.07, 6.45) is -0.176. The Labute approximate surface area is 114 Å². The number of nitrogens with zero attached hydrogens (tertiary/aromatic N) is 3. The van der Waals surface area contributed by atoms with Gasteiger partial charge in [-0.1, -0.05) is 18.2 Å². The molecule has 0 radical (unpaired) electrons. The summed E-state index contributed by atoms with van der Waals surface area (Å²) < 4.78 is 0. The van der Waals surface area contributed by atoms with Crippen LogP contribution in [-0.4, -0.2) is 38.7 Å². The first-order valence-electron chi connectivity index (χ1n) is 5.84. The molecule has 8 heteroatoms. The Kier molecular flexibility index (Phi) is 3.94. The highest BCUT2D eigenvalue weighted by atomic mass is 16.4. The molecule has 0 aliphatic carbocycles. The minimum Gasteiger partial charge on any atom is -0.481 e. The number of anilines is 2. The molecule has 8 nitrogen and oxygen atoms in total. The lowest BCUT2D eigenvalue weighted by Gasteiger charge is -2.20. The van der Waals surface area contributed by atoms with Crippen molar-refractivity contribution in [2.75, 3.05) is 17.2 Å². The van der Waals surface area contributed by atoms with E-state index in [0.29, 0.717) is 5.69 Å². The molecule has 4 N–H and O–H groups in total. The van der Waals surface area contributed by atoms with Gasteiger partial charge in [0.25, 0.3) is 5.91 Å². The summed E-state index contributed by atoms with van der Waals surface area (Å²) in [6, 6.07) is 8.73. The number of hydrogen-bond acceptors (Lipinski definition) is 5. The summed E-state index contributed by atoms with van der Waals surface area (Å²) >= 11 is 0. The van der Waals surface area contributed by atoms with Gasteiger partial charge in [0.05, 0.1) is 6.42 Å². The highest BCUT2D eigenvalue weighted by molar-refractivity contribution is 6.03. The maximum Gasteiger partial charge on any atom is 0.305 e. The van der Waals surface area contributed by atoms with E-state index in [-0.39, 0.29) is 24.7 Å². The van der Waals surface area contributed by atoms with Gasteiger partial charge in [-0.15, -0.1) is 5.10 Å². The number of H-pyrrole nitrogens is 1. The monoisotopic (exact) mass is 275 g/mol. The normalized spacial score (nSPS) is 10.2. The number of para-hydroxylation sites is 1. The molecule has 104 valence electrons. The summed E-state index contributed by atoms with van der Waals surface area (Å²) in [5, 5.41) is 14.8. The van der Waals surface area contributed by atoms with Crippen LogP contribution < -0.4 is 10.6 Å². The predicted molar refractivity (Wildman–Crippen MR) is 71.2 cm³/mol. The highest BCUT2D eigenvalue weighted by Crippen LogP contribution is 2.16. The minimum absolute atomic E-state index is 0.0266. The van der Waals surface area contributed by atoms with Crippen LogP contribution >= 0.6 is 0 Å². The van der Waals surface area contributed by atoms with Gasteiger partial charge in [-0.05, 0) is 12.1 Å². The third kappa shape index (κ3) is 3.10. The number of nitrogens with one attached hydrogen (secondary N) is 1. The van der Waals surface area contributed by atoms with Crippen LogP contribution in [-0.2, 0) is 4.79 Å². The minimum atomic E-state index is -0.990. The first kappa shape index (κ1) is 13.5. The molecule has 0 saturated carbocycles. The van der Waals surface area contributed by atoms with Crippen molar-refractivity contribution < 1.29 is 14.7 Å². The SMILES string of the molecule is Nc1n[nH]c(C(=O)N(CCC(=O)O)c2ccccc2)n1. The average Bonchev–Trinajstić information content (AvgIpc) is 2.86. The molecule has 0 saturated heterocycles. The number of rotatable bonds is 5.